The fourth-order valence-corrected chi connectivity index (χ4v) is 2.08. The van der Waals surface area contributed by atoms with E-state index in [1.165, 1.54) is 5.56 Å². The summed E-state index contributed by atoms with van der Waals surface area (Å²) in [4.78, 5) is 2.37. The standard InChI is InChI=1S/C14H24N2O/c1-4-13(9-10-15)16(2)11-12-5-7-14(17-3)8-6-12/h5-8,13H,4,9-11,15H2,1-3H3. The molecule has 3 nitrogen and oxygen atoms in total. The SMILES string of the molecule is CCC(CCN)N(C)Cc1ccc(OC)cc1. The smallest absolute Gasteiger partial charge is 0.118 e. The highest BCUT2D eigenvalue weighted by atomic mass is 16.5. The molecule has 0 aliphatic heterocycles. The molecule has 1 atom stereocenters. The van der Waals surface area contributed by atoms with Crippen LogP contribution < -0.4 is 10.5 Å². The van der Waals surface area contributed by atoms with E-state index in [2.05, 4.69) is 31.0 Å². The van der Waals surface area contributed by atoms with Crippen LogP contribution in [0.25, 0.3) is 0 Å². The summed E-state index contributed by atoms with van der Waals surface area (Å²) < 4.78 is 5.15. The van der Waals surface area contributed by atoms with E-state index in [0.29, 0.717) is 6.04 Å². The van der Waals surface area contributed by atoms with Gasteiger partial charge in [0.2, 0.25) is 0 Å². The van der Waals surface area contributed by atoms with Gasteiger partial charge in [-0.2, -0.15) is 0 Å². The number of nitrogens with two attached hydrogens (primary N) is 1. The number of hydrogen-bond donors (Lipinski definition) is 1. The lowest BCUT2D eigenvalue weighted by atomic mass is 10.1. The van der Waals surface area contributed by atoms with Crippen molar-refractivity contribution in [3.05, 3.63) is 29.8 Å². The van der Waals surface area contributed by atoms with Gasteiger partial charge >= 0.3 is 0 Å². The molecule has 0 aromatic heterocycles. The molecule has 0 fully saturated rings. The van der Waals surface area contributed by atoms with Gasteiger partial charge in [0.05, 0.1) is 7.11 Å². The van der Waals surface area contributed by atoms with Crippen molar-refractivity contribution in [3.63, 3.8) is 0 Å². The number of ether oxygens (including phenoxy) is 1. The number of hydrogen-bond acceptors (Lipinski definition) is 3. The third kappa shape index (κ3) is 4.36. The molecule has 0 saturated carbocycles. The highest BCUT2D eigenvalue weighted by Gasteiger charge is 2.11. The first kappa shape index (κ1) is 14.0. The van der Waals surface area contributed by atoms with E-state index in [9.17, 15) is 0 Å². The maximum atomic E-state index is 5.63. The monoisotopic (exact) mass is 236 g/mol. The van der Waals surface area contributed by atoms with E-state index in [0.717, 1.165) is 31.7 Å². The number of benzene rings is 1. The molecule has 0 heterocycles. The first-order chi connectivity index (χ1) is 8.21. The Hall–Kier alpha value is -1.06. The molecular weight excluding hydrogens is 212 g/mol. The second kappa shape index (κ2) is 7.30. The number of methoxy groups -OCH3 is 1. The second-order valence-corrected chi connectivity index (χ2v) is 4.40. The van der Waals surface area contributed by atoms with E-state index in [1.807, 2.05) is 12.1 Å². The zero-order valence-electron chi connectivity index (χ0n) is 11.1. The van der Waals surface area contributed by atoms with Gasteiger partial charge in [-0.05, 0) is 44.1 Å². The Morgan fingerprint density at radius 3 is 2.41 bits per heavy atom. The predicted molar refractivity (Wildman–Crippen MR) is 72.2 cm³/mol. The molecule has 96 valence electrons. The van der Waals surface area contributed by atoms with E-state index < -0.39 is 0 Å². The van der Waals surface area contributed by atoms with E-state index in [-0.39, 0.29) is 0 Å². The topological polar surface area (TPSA) is 38.5 Å². The highest BCUT2D eigenvalue weighted by Crippen LogP contribution is 2.15. The van der Waals surface area contributed by atoms with Gasteiger partial charge in [0.25, 0.3) is 0 Å². The van der Waals surface area contributed by atoms with Gasteiger partial charge in [-0.1, -0.05) is 19.1 Å². The second-order valence-electron chi connectivity index (χ2n) is 4.40. The Labute approximate surface area is 105 Å². The zero-order chi connectivity index (χ0) is 12.7. The molecule has 1 aromatic carbocycles. The molecule has 1 aromatic rings. The van der Waals surface area contributed by atoms with Gasteiger partial charge < -0.3 is 10.5 Å². The normalized spacial score (nSPS) is 12.8. The zero-order valence-corrected chi connectivity index (χ0v) is 11.1. The summed E-state index contributed by atoms with van der Waals surface area (Å²) in [5.41, 5.74) is 6.94. The average Bonchev–Trinajstić information content (AvgIpc) is 2.36. The fourth-order valence-electron chi connectivity index (χ4n) is 2.08. The van der Waals surface area contributed by atoms with Crippen LogP contribution in [0.4, 0.5) is 0 Å². The lowest BCUT2D eigenvalue weighted by Gasteiger charge is -2.26. The largest absolute Gasteiger partial charge is 0.497 e. The van der Waals surface area contributed by atoms with Crippen molar-refractivity contribution in [1.82, 2.24) is 4.90 Å². The third-order valence-corrected chi connectivity index (χ3v) is 3.19. The summed E-state index contributed by atoms with van der Waals surface area (Å²) in [6.45, 7) is 3.93. The minimum Gasteiger partial charge on any atom is -0.497 e. The van der Waals surface area contributed by atoms with Gasteiger partial charge in [-0.25, -0.2) is 0 Å². The maximum Gasteiger partial charge on any atom is 0.118 e. The molecule has 0 spiro atoms. The van der Waals surface area contributed by atoms with Gasteiger partial charge in [0.15, 0.2) is 0 Å². The quantitative estimate of drug-likeness (QED) is 0.789. The molecule has 0 radical (unpaired) electrons. The summed E-state index contributed by atoms with van der Waals surface area (Å²) in [6, 6.07) is 8.82. The summed E-state index contributed by atoms with van der Waals surface area (Å²) in [5, 5.41) is 0. The van der Waals surface area contributed by atoms with Crippen LogP contribution in [0.1, 0.15) is 25.3 Å². The summed E-state index contributed by atoms with van der Waals surface area (Å²) >= 11 is 0. The first-order valence-electron chi connectivity index (χ1n) is 6.24. The minimum atomic E-state index is 0.571. The van der Waals surface area contributed by atoms with E-state index in [1.54, 1.807) is 7.11 Å². The van der Waals surface area contributed by atoms with Crippen LogP contribution in [0.15, 0.2) is 24.3 Å². The van der Waals surface area contributed by atoms with Crippen LogP contribution in [0.5, 0.6) is 5.75 Å². The van der Waals surface area contributed by atoms with Crippen LogP contribution in [-0.2, 0) is 6.54 Å². The van der Waals surface area contributed by atoms with Crippen molar-refractivity contribution in [3.8, 4) is 5.75 Å². The third-order valence-electron chi connectivity index (χ3n) is 3.19. The van der Waals surface area contributed by atoms with E-state index in [4.69, 9.17) is 10.5 Å². The van der Waals surface area contributed by atoms with Crippen molar-refractivity contribution < 1.29 is 4.74 Å². The molecule has 2 N–H and O–H groups in total. The molecule has 0 aliphatic carbocycles. The average molecular weight is 236 g/mol. The Morgan fingerprint density at radius 1 is 1.29 bits per heavy atom. The summed E-state index contributed by atoms with van der Waals surface area (Å²) in [7, 11) is 3.85. The minimum absolute atomic E-state index is 0.571. The Morgan fingerprint density at radius 2 is 1.94 bits per heavy atom. The van der Waals surface area contributed by atoms with Crippen LogP contribution in [0.3, 0.4) is 0 Å². The fraction of sp³-hybridized carbons (Fsp3) is 0.571. The summed E-state index contributed by atoms with van der Waals surface area (Å²) in [6.07, 6.45) is 2.20. The highest BCUT2D eigenvalue weighted by molar-refractivity contribution is 5.27. The number of nitrogens with zero attached hydrogens (tertiary/aromatic N) is 1. The van der Waals surface area contributed by atoms with Crippen LogP contribution in [-0.4, -0.2) is 31.6 Å². The van der Waals surface area contributed by atoms with Gasteiger partial charge in [-0.15, -0.1) is 0 Å². The lowest BCUT2D eigenvalue weighted by molar-refractivity contribution is 0.218. The maximum absolute atomic E-state index is 5.63. The van der Waals surface area contributed by atoms with Crippen molar-refractivity contribution in [2.75, 3.05) is 20.7 Å². The van der Waals surface area contributed by atoms with Crippen molar-refractivity contribution >= 4 is 0 Å². The molecule has 1 rings (SSSR count). The Kier molecular flexibility index (Phi) is 6.01. The Balaban J connectivity index is 2.56. The van der Waals surface area contributed by atoms with Crippen LogP contribution in [0, 0.1) is 0 Å². The molecule has 0 bridgehead atoms. The van der Waals surface area contributed by atoms with E-state index >= 15 is 0 Å². The first-order valence-corrected chi connectivity index (χ1v) is 6.24. The molecule has 17 heavy (non-hydrogen) atoms. The molecule has 1 unspecified atom stereocenters. The molecule has 0 saturated heterocycles. The van der Waals surface area contributed by atoms with Crippen molar-refractivity contribution in [1.29, 1.82) is 0 Å². The van der Waals surface area contributed by atoms with Crippen molar-refractivity contribution in [2.45, 2.75) is 32.4 Å². The molecule has 0 aliphatic rings. The number of rotatable bonds is 7. The molecular formula is C14H24N2O. The van der Waals surface area contributed by atoms with Gasteiger partial charge in [0, 0.05) is 12.6 Å². The molecule has 3 heteroatoms. The van der Waals surface area contributed by atoms with Crippen molar-refractivity contribution in [2.24, 2.45) is 5.73 Å². The summed E-state index contributed by atoms with van der Waals surface area (Å²) in [5.74, 6) is 0.908. The van der Waals surface area contributed by atoms with Crippen LogP contribution in [0.2, 0.25) is 0 Å². The molecule has 0 amide bonds. The van der Waals surface area contributed by atoms with Crippen LogP contribution >= 0.6 is 0 Å². The van der Waals surface area contributed by atoms with Gasteiger partial charge in [-0.3, -0.25) is 4.90 Å². The van der Waals surface area contributed by atoms with Gasteiger partial charge in [0.1, 0.15) is 5.75 Å². The lowest BCUT2D eigenvalue weighted by Crippen LogP contribution is -2.32. The predicted octanol–water partition coefficient (Wildman–Crippen LogP) is 2.25. The Bertz CT molecular complexity index is 311.